The molecule has 0 atom stereocenters. The predicted molar refractivity (Wildman–Crippen MR) is 53.5 cm³/mol. The van der Waals surface area contributed by atoms with Gasteiger partial charge in [0.1, 0.15) is 0 Å². The van der Waals surface area contributed by atoms with Crippen LogP contribution in [0.2, 0.25) is 0 Å². The fraction of sp³-hybridized carbons (Fsp3) is 0.182. The van der Waals surface area contributed by atoms with Crippen molar-refractivity contribution >= 4 is 6.91 Å². The van der Waals surface area contributed by atoms with Gasteiger partial charge in [0, 0.05) is 0 Å². The molecule has 76 valence electrons. The van der Waals surface area contributed by atoms with E-state index in [9.17, 15) is 0 Å². The Hall–Kier alpha value is 0.358. The van der Waals surface area contributed by atoms with E-state index in [1.807, 2.05) is 0 Å². The van der Waals surface area contributed by atoms with Crippen LogP contribution in [0.25, 0.3) is 0 Å². The minimum atomic E-state index is 0. The summed E-state index contributed by atoms with van der Waals surface area (Å²) in [6.45, 7) is 4.37. The van der Waals surface area contributed by atoms with E-state index in [1.165, 1.54) is 10.9 Å². The Morgan fingerprint density at radius 1 is 1.07 bits per heavy atom. The van der Waals surface area contributed by atoms with E-state index >= 15 is 0 Å². The maximum Gasteiger partial charge on any atom is 2.00 e. The smallest absolute Gasteiger partial charge is 1.00 e. The van der Waals surface area contributed by atoms with Crippen LogP contribution in [0.5, 0.6) is 0 Å². The van der Waals surface area contributed by atoms with Crippen molar-refractivity contribution in [2.45, 2.75) is 12.8 Å². The number of hydrogen-bond donors (Lipinski definition) is 0. The molecule has 0 N–H and O–H groups in total. The predicted octanol–water partition coefficient (Wildman–Crippen LogP) is -3.45. The molecule has 1 aliphatic carbocycles. The molecule has 1 aromatic heterocycles. The fourth-order valence-electron chi connectivity index (χ4n) is 1.53. The van der Waals surface area contributed by atoms with Crippen LogP contribution in [0.1, 0.15) is 16.8 Å². The molecule has 1 heterocycles. The van der Waals surface area contributed by atoms with E-state index in [0.717, 1.165) is 0 Å². The topological polar surface area (TPSA) is 0 Å². The van der Waals surface area contributed by atoms with Crippen LogP contribution in [-0.4, -0.2) is 6.91 Å². The molecular formula is C11H11BCl2Zr. The summed E-state index contributed by atoms with van der Waals surface area (Å²) in [6.07, 6.45) is 8.64. The maximum absolute atomic E-state index is 2.24. The van der Waals surface area contributed by atoms with Gasteiger partial charge in [-0.2, -0.15) is 0 Å². The monoisotopic (exact) mass is 314 g/mol. The van der Waals surface area contributed by atoms with Crippen molar-refractivity contribution in [3.8, 4) is 0 Å². The molecule has 15 heavy (non-hydrogen) atoms. The first-order chi connectivity index (χ1) is 5.86. The molecule has 1 aliphatic rings. The summed E-state index contributed by atoms with van der Waals surface area (Å²) in [5, 5.41) is 0. The number of rotatable bonds is 1. The Morgan fingerprint density at radius 2 is 1.67 bits per heavy atom. The molecule has 0 saturated heterocycles. The SMILES string of the molecule is Cc1bc(C2C=CC=C2)ccc1.[Cl-].[Cl-].[Zr+2]. The summed E-state index contributed by atoms with van der Waals surface area (Å²) in [4.78, 5) is 0. The van der Waals surface area contributed by atoms with Crippen LogP contribution >= 0.6 is 0 Å². The molecule has 0 aromatic carbocycles. The average molecular weight is 316 g/mol. The van der Waals surface area contributed by atoms with Gasteiger partial charge in [-0.05, 0) is 0 Å². The van der Waals surface area contributed by atoms with Crippen molar-refractivity contribution in [1.82, 2.24) is 0 Å². The molecule has 2 rings (SSSR count). The third kappa shape index (κ3) is 4.81. The molecule has 0 fully saturated rings. The summed E-state index contributed by atoms with van der Waals surface area (Å²) >= 11 is 0. The fourth-order valence-corrected chi connectivity index (χ4v) is 1.53. The zero-order chi connectivity index (χ0) is 8.39. The van der Waals surface area contributed by atoms with Gasteiger partial charge in [-0.3, -0.25) is 0 Å². The molecule has 0 radical (unpaired) electrons. The van der Waals surface area contributed by atoms with Gasteiger partial charge in [0.05, 0.1) is 0 Å². The van der Waals surface area contributed by atoms with Gasteiger partial charge in [0.15, 0.2) is 0 Å². The maximum atomic E-state index is 2.24. The second kappa shape index (κ2) is 8.50. The van der Waals surface area contributed by atoms with E-state index in [0.29, 0.717) is 5.92 Å². The Kier molecular flexibility index (Phi) is 10.1. The van der Waals surface area contributed by atoms with E-state index < -0.39 is 0 Å². The summed E-state index contributed by atoms with van der Waals surface area (Å²) in [6, 6.07) is 6.42. The quantitative estimate of drug-likeness (QED) is 0.506. The van der Waals surface area contributed by atoms with Crippen molar-refractivity contribution in [2.24, 2.45) is 0 Å². The number of allylic oxidation sites excluding steroid dienone is 4. The van der Waals surface area contributed by atoms with E-state index in [4.69, 9.17) is 0 Å². The average Bonchev–Trinajstić information content (AvgIpc) is 2.56. The van der Waals surface area contributed by atoms with E-state index in [-0.39, 0.29) is 51.0 Å². The summed E-state index contributed by atoms with van der Waals surface area (Å²) in [5.41, 5.74) is 2.72. The normalized spacial score (nSPS) is 12.3. The molecule has 4 heteroatoms. The first kappa shape index (κ1) is 17.7. The van der Waals surface area contributed by atoms with Crippen molar-refractivity contribution in [2.75, 3.05) is 0 Å². The zero-order valence-corrected chi connectivity index (χ0v) is 12.4. The van der Waals surface area contributed by atoms with E-state index in [2.05, 4.69) is 56.3 Å². The Balaban J connectivity index is 0. The van der Waals surface area contributed by atoms with Gasteiger partial charge < -0.3 is 24.8 Å². The second-order valence-electron chi connectivity index (χ2n) is 3.21. The largest absolute Gasteiger partial charge is 2.00 e. The molecule has 0 unspecified atom stereocenters. The van der Waals surface area contributed by atoms with Crippen LogP contribution in [0.15, 0.2) is 42.5 Å². The van der Waals surface area contributed by atoms with Crippen LogP contribution in [0.4, 0.5) is 0 Å². The standard InChI is InChI=1S/C11H11B.2ClH.Zr/c1-9-5-4-8-11(12-9)10-6-2-3-7-10;;;/h2-8,10H,1H3;2*1H;/q;;;+2/p-2. The van der Waals surface area contributed by atoms with Crippen LogP contribution in [-0.2, 0) is 26.2 Å². The van der Waals surface area contributed by atoms with Gasteiger partial charge in [-0.15, -0.1) is 0 Å². The number of halogens is 2. The zero-order valence-electron chi connectivity index (χ0n) is 8.45. The van der Waals surface area contributed by atoms with E-state index in [1.54, 1.807) is 0 Å². The molecule has 0 aliphatic heterocycles. The third-order valence-corrected chi connectivity index (χ3v) is 2.18. The Bertz CT molecular complexity index is 338. The molecule has 0 amide bonds. The van der Waals surface area contributed by atoms with Crippen LogP contribution in [0, 0.1) is 6.92 Å². The Labute approximate surface area is 123 Å². The van der Waals surface area contributed by atoms with Gasteiger partial charge in [-0.25, -0.2) is 0 Å². The van der Waals surface area contributed by atoms with Crippen molar-refractivity contribution < 1.29 is 51.0 Å². The molecular weight excluding hydrogens is 305 g/mol. The van der Waals surface area contributed by atoms with Gasteiger partial charge in [0.2, 0.25) is 0 Å². The molecule has 0 spiro atoms. The van der Waals surface area contributed by atoms with Crippen molar-refractivity contribution in [3.05, 3.63) is 53.4 Å². The van der Waals surface area contributed by atoms with Gasteiger partial charge in [-0.1, -0.05) is 0 Å². The second-order valence-corrected chi connectivity index (χ2v) is 3.21. The van der Waals surface area contributed by atoms with Crippen LogP contribution < -0.4 is 24.8 Å². The summed E-state index contributed by atoms with van der Waals surface area (Å²) in [5.74, 6) is 0.505. The van der Waals surface area contributed by atoms with Gasteiger partial charge >= 0.3 is 99.4 Å². The third-order valence-electron chi connectivity index (χ3n) is 2.18. The first-order valence-electron chi connectivity index (χ1n) is 4.28. The van der Waals surface area contributed by atoms with Crippen LogP contribution in [0.3, 0.4) is 0 Å². The Morgan fingerprint density at radius 3 is 2.20 bits per heavy atom. The molecule has 0 saturated carbocycles. The number of aryl methyl sites for hydroxylation is 1. The summed E-state index contributed by atoms with van der Waals surface area (Å²) < 4.78 is 0. The minimum absolute atomic E-state index is 0. The van der Waals surface area contributed by atoms with Crippen molar-refractivity contribution in [1.29, 1.82) is 0 Å². The summed E-state index contributed by atoms with van der Waals surface area (Å²) in [7, 11) is 0. The molecule has 1 aromatic rings. The molecule has 0 nitrogen and oxygen atoms in total. The minimum Gasteiger partial charge on any atom is -1.00 e. The number of hydrogen-bond acceptors (Lipinski definition) is 0. The first-order valence-corrected chi connectivity index (χ1v) is 4.28. The van der Waals surface area contributed by atoms with Crippen molar-refractivity contribution in [3.63, 3.8) is 0 Å². The van der Waals surface area contributed by atoms with Gasteiger partial charge in [0.25, 0.3) is 0 Å². The molecule has 0 bridgehead atoms.